The van der Waals surface area contributed by atoms with Crippen LogP contribution in [-0.2, 0) is 0 Å². The fourth-order valence-electron chi connectivity index (χ4n) is 5.34. The summed E-state index contributed by atoms with van der Waals surface area (Å²) in [5.74, 6) is 0.390. The summed E-state index contributed by atoms with van der Waals surface area (Å²) in [5.41, 5.74) is 7.88. The Labute approximate surface area is 193 Å². The van der Waals surface area contributed by atoms with Crippen molar-refractivity contribution >= 4 is 44.6 Å². The van der Waals surface area contributed by atoms with Gasteiger partial charge < -0.3 is 0 Å². The monoisotopic (exact) mass is 424 g/mol. The predicted octanol–water partition coefficient (Wildman–Crippen LogP) is 8.17. The van der Waals surface area contributed by atoms with E-state index in [0.29, 0.717) is 5.92 Å². The lowest BCUT2D eigenvalue weighted by Crippen LogP contribution is -2.12. The van der Waals surface area contributed by atoms with E-state index in [2.05, 4.69) is 85.8 Å². The van der Waals surface area contributed by atoms with E-state index in [0.717, 1.165) is 12.0 Å². The molecule has 2 N–H and O–H groups in total. The molecule has 2 aliphatic carbocycles. The number of rotatable bonds is 2. The number of benzene rings is 4. The molecule has 4 aromatic carbocycles. The maximum Gasteiger partial charge on any atom is 0.0795 e. The number of hydrogen-bond donors (Lipinski definition) is 2. The van der Waals surface area contributed by atoms with Gasteiger partial charge in [-0.2, -0.15) is 0 Å². The molecule has 0 heterocycles. The highest BCUT2D eigenvalue weighted by Gasteiger charge is 2.26. The second kappa shape index (κ2) is 7.53. The first-order valence-electron chi connectivity index (χ1n) is 11.4. The molecule has 0 aliphatic heterocycles. The molecule has 0 saturated carbocycles. The normalized spacial score (nSPS) is 17.5. The van der Waals surface area contributed by atoms with E-state index in [1.54, 1.807) is 6.08 Å². The first-order chi connectivity index (χ1) is 16.1. The van der Waals surface area contributed by atoms with Gasteiger partial charge in [0.15, 0.2) is 0 Å². The Morgan fingerprint density at radius 3 is 2.24 bits per heavy atom. The Kier molecular flexibility index (Phi) is 4.48. The topological polar surface area (TPSA) is 47.7 Å². The third-order valence-electron chi connectivity index (χ3n) is 6.91. The van der Waals surface area contributed by atoms with Crippen molar-refractivity contribution in [1.29, 1.82) is 10.8 Å². The van der Waals surface area contributed by atoms with Gasteiger partial charge in [0.05, 0.1) is 11.4 Å². The van der Waals surface area contributed by atoms with Crippen LogP contribution in [0, 0.1) is 10.8 Å². The van der Waals surface area contributed by atoms with E-state index in [-0.39, 0.29) is 11.4 Å². The predicted molar refractivity (Wildman–Crippen MR) is 142 cm³/mol. The first-order valence-corrected chi connectivity index (χ1v) is 11.4. The Morgan fingerprint density at radius 1 is 0.727 bits per heavy atom. The van der Waals surface area contributed by atoms with E-state index in [4.69, 9.17) is 10.8 Å². The van der Waals surface area contributed by atoms with Crippen LogP contribution in [0.5, 0.6) is 0 Å². The number of nitrogens with one attached hydrogen (secondary N) is 2. The van der Waals surface area contributed by atoms with Gasteiger partial charge in [0.1, 0.15) is 0 Å². The molecule has 0 saturated heterocycles. The second-order valence-electron chi connectivity index (χ2n) is 8.98. The third-order valence-corrected chi connectivity index (χ3v) is 6.91. The van der Waals surface area contributed by atoms with Crippen LogP contribution >= 0.6 is 0 Å². The number of hydrogen-bond acceptors (Lipinski definition) is 2. The summed E-state index contributed by atoms with van der Waals surface area (Å²) in [6.45, 7) is 2.31. The summed E-state index contributed by atoms with van der Waals surface area (Å²) in [7, 11) is 0. The molecule has 0 radical (unpaired) electrons. The molecule has 0 bridgehead atoms. The van der Waals surface area contributed by atoms with Gasteiger partial charge in [-0.3, -0.25) is 10.8 Å². The molecule has 158 valence electrons. The van der Waals surface area contributed by atoms with Gasteiger partial charge in [-0.05, 0) is 85.5 Å². The standard InChI is InChI=1S/C31H24N2/c1-19-7-6-12-26-29(19)31(22-14-13-20-8-2-3-9-21(20)17-22)25-11-5-4-10-24(25)30(26)23-15-16-27(32)28(33)18-23/h2-6,8-19,32-33H,7H2,1H3. The van der Waals surface area contributed by atoms with Crippen LogP contribution < -0.4 is 0 Å². The molecular formula is C31H24N2. The van der Waals surface area contributed by atoms with Crippen molar-refractivity contribution in [1.82, 2.24) is 0 Å². The maximum absolute atomic E-state index is 8.25. The smallest absolute Gasteiger partial charge is 0.0795 e. The Hall–Kier alpha value is -4.04. The molecule has 0 aromatic heterocycles. The summed E-state index contributed by atoms with van der Waals surface area (Å²) in [6.07, 6.45) is 11.1. The van der Waals surface area contributed by atoms with E-state index >= 15 is 0 Å². The molecule has 6 rings (SSSR count). The lowest BCUT2D eigenvalue weighted by molar-refractivity contribution is 0.774. The highest BCUT2D eigenvalue weighted by molar-refractivity contribution is 6.50. The van der Waals surface area contributed by atoms with Crippen LogP contribution in [0.25, 0.3) is 44.3 Å². The molecule has 33 heavy (non-hydrogen) atoms. The summed E-state index contributed by atoms with van der Waals surface area (Å²) < 4.78 is 0. The lowest BCUT2D eigenvalue weighted by atomic mass is 9.75. The van der Waals surface area contributed by atoms with Gasteiger partial charge in [0.25, 0.3) is 0 Å². The summed E-state index contributed by atoms with van der Waals surface area (Å²) in [4.78, 5) is 0. The van der Waals surface area contributed by atoms with Gasteiger partial charge in [0, 0.05) is 0 Å². The van der Waals surface area contributed by atoms with Gasteiger partial charge in [-0.25, -0.2) is 0 Å². The maximum atomic E-state index is 8.25. The van der Waals surface area contributed by atoms with Crippen molar-refractivity contribution in [2.24, 2.45) is 0 Å². The minimum Gasteiger partial charge on any atom is -0.299 e. The van der Waals surface area contributed by atoms with Crippen molar-refractivity contribution in [3.8, 4) is 11.1 Å². The van der Waals surface area contributed by atoms with Crippen LogP contribution in [0.2, 0.25) is 0 Å². The molecule has 0 spiro atoms. The number of allylic oxidation sites excluding steroid dienone is 5. The Balaban J connectivity index is 1.73. The van der Waals surface area contributed by atoms with E-state index in [9.17, 15) is 0 Å². The zero-order chi connectivity index (χ0) is 22.5. The van der Waals surface area contributed by atoms with Crippen LogP contribution in [0.4, 0.5) is 0 Å². The molecule has 2 nitrogen and oxygen atoms in total. The summed E-state index contributed by atoms with van der Waals surface area (Å²) >= 11 is 0. The van der Waals surface area contributed by atoms with Gasteiger partial charge in [0.2, 0.25) is 0 Å². The molecular weight excluding hydrogens is 400 g/mol. The average Bonchev–Trinajstić information content (AvgIpc) is 2.84. The van der Waals surface area contributed by atoms with Crippen molar-refractivity contribution in [2.45, 2.75) is 19.3 Å². The molecule has 2 aliphatic rings. The highest BCUT2D eigenvalue weighted by Crippen LogP contribution is 2.47. The highest BCUT2D eigenvalue weighted by atomic mass is 14.5. The second-order valence-corrected chi connectivity index (χ2v) is 8.98. The minimum absolute atomic E-state index is 0.258. The fraction of sp³-hybridized carbons (Fsp3) is 0.0968. The molecule has 1 atom stereocenters. The van der Waals surface area contributed by atoms with E-state index in [1.807, 2.05) is 12.2 Å². The first kappa shape index (κ1) is 19.6. The SMILES string of the molecule is CC1CC=Cc2c1c(-c1ccc3ccccc3c1)c1ccccc1c2C1=CC(=N)C(=N)C=C1. The number of fused-ring (bicyclic) bond motifs is 3. The summed E-state index contributed by atoms with van der Waals surface area (Å²) in [6, 6.07) is 24.0. The molecule has 2 heteroatoms. The molecule has 4 aromatic rings. The molecule has 1 unspecified atom stereocenters. The van der Waals surface area contributed by atoms with Crippen LogP contribution in [0.1, 0.15) is 36.0 Å². The van der Waals surface area contributed by atoms with Crippen molar-refractivity contribution in [2.75, 3.05) is 0 Å². The quantitative estimate of drug-likeness (QED) is 0.305. The fourth-order valence-corrected chi connectivity index (χ4v) is 5.34. The third kappa shape index (κ3) is 3.10. The van der Waals surface area contributed by atoms with Gasteiger partial charge >= 0.3 is 0 Å². The van der Waals surface area contributed by atoms with Gasteiger partial charge in [-0.1, -0.05) is 85.8 Å². The molecule has 0 fully saturated rings. The average molecular weight is 425 g/mol. The Morgan fingerprint density at radius 2 is 1.45 bits per heavy atom. The van der Waals surface area contributed by atoms with Crippen molar-refractivity contribution in [3.63, 3.8) is 0 Å². The minimum atomic E-state index is 0.258. The zero-order valence-corrected chi connectivity index (χ0v) is 18.5. The van der Waals surface area contributed by atoms with E-state index < -0.39 is 0 Å². The lowest BCUT2D eigenvalue weighted by Gasteiger charge is -2.28. The van der Waals surface area contributed by atoms with Crippen molar-refractivity contribution < 1.29 is 0 Å². The van der Waals surface area contributed by atoms with E-state index in [1.165, 1.54) is 49.4 Å². The van der Waals surface area contributed by atoms with Crippen LogP contribution in [0.15, 0.2) is 91.0 Å². The zero-order valence-electron chi connectivity index (χ0n) is 18.5. The molecule has 0 amide bonds. The summed E-state index contributed by atoms with van der Waals surface area (Å²) in [5, 5.41) is 21.2. The largest absolute Gasteiger partial charge is 0.299 e. The van der Waals surface area contributed by atoms with Gasteiger partial charge in [-0.15, -0.1) is 0 Å². The Bertz CT molecular complexity index is 1580. The van der Waals surface area contributed by atoms with Crippen LogP contribution in [0.3, 0.4) is 0 Å². The van der Waals surface area contributed by atoms with Crippen LogP contribution in [-0.4, -0.2) is 11.4 Å². The van der Waals surface area contributed by atoms with Crippen molar-refractivity contribution in [3.05, 3.63) is 108 Å².